The number of anilines is 3. The van der Waals surface area contributed by atoms with Gasteiger partial charge in [0.2, 0.25) is 29.2 Å². The van der Waals surface area contributed by atoms with Crippen molar-refractivity contribution in [2.45, 2.75) is 43.9 Å². The highest BCUT2D eigenvalue weighted by Gasteiger charge is 2.38. The smallest absolute Gasteiger partial charge is 0.373 e. The number of piperidine rings is 2. The van der Waals surface area contributed by atoms with E-state index in [0.717, 1.165) is 108 Å². The standard InChI is InChI=1S/C32H28N6O4.C16H15N3O2.C15H12ClN3O3.C15H14N4O3.C10H9ClN2O2.C5H4ClNO/c1-40-26-15-23-24(16-27(26)41-2)34-18-35-32(23)42-22-9-8-21(33-17-22)14-25(39)31-36-28(19-6-4-3-5-7-19)30-29(37-31)20-10-12-38(30)13-11-20;20-16(21)15-17-12(10-4-2-1-3-5-10)14-13(18-15)11-6-8-19(14)9-7-11;2*1-20-12-5-10-11(6-13(12)21-2)18-8-19-15(10)22-9-3-4-14(16)17-7-9;1-14-8-3-6-7(4-9(8)15-2)12-5-13-10(6)11;6-5-2-1-4(8)3-7-5/h3-9,15-18,20H,10-14H2,1-2H3;1-5,11H,6-9H2,(H,20,21);3-8H,1-2H3;3-8H,1-2H3,(H2,16,17);3-5H,1-2H3;1-3,8H. The van der Waals surface area contributed by atoms with Crippen molar-refractivity contribution >= 4 is 107 Å². The van der Waals surface area contributed by atoms with Crippen molar-refractivity contribution < 1.29 is 71.9 Å². The van der Waals surface area contributed by atoms with Crippen LogP contribution in [0.4, 0.5) is 17.2 Å². The molecular formula is C93H82Cl3N19O15. The molecule has 4 N–H and O–H groups in total. The molecule has 37 heteroatoms. The zero-order valence-corrected chi connectivity index (χ0v) is 73.4. The second-order valence-electron chi connectivity index (χ2n) is 28.9. The van der Waals surface area contributed by atoms with Gasteiger partial charge in [-0.05, 0) is 98.5 Å². The first-order chi connectivity index (χ1) is 63.3. The zero-order chi connectivity index (χ0) is 90.9. The molecule has 2 saturated heterocycles. The van der Waals surface area contributed by atoms with Gasteiger partial charge in [-0.2, -0.15) is 0 Å². The van der Waals surface area contributed by atoms with Gasteiger partial charge in [0.1, 0.15) is 69.6 Å². The van der Waals surface area contributed by atoms with Crippen LogP contribution in [-0.2, 0) is 6.42 Å². The fourth-order valence-electron chi connectivity index (χ4n) is 14.8. The molecule has 0 atom stereocenters. The fourth-order valence-corrected chi connectivity index (χ4v) is 15.2. The highest BCUT2D eigenvalue weighted by atomic mass is 35.5. The molecule has 0 radical (unpaired) electrons. The fraction of sp³-hybridized carbons (Fsp3) is 0.204. The third-order valence-corrected chi connectivity index (χ3v) is 21.9. The van der Waals surface area contributed by atoms with Crippen molar-refractivity contribution in [3.8, 4) is 109 Å². The van der Waals surface area contributed by atoms with Gasteiger partial charge in [0, 0.05) is 84.5 Å². The number of hydrogen-bond donors (Lipinski definition) is 3. The average molecular weight is 1810 g/mol. The van der Waals surface area contributed by atoms with Gasteiger partial charge in [0.05, 0.1) is 160 Å². The Morgan fingerprint density at radius 1 is 0.392 bits per heavy atom. The second-order valence-corrected chi connectivity index (χ2v) is 30.0. The maximum atomic E-state index is 13.5. The van der Waals surface area contributed by atoms with Gasteiger partial charge in [-0.1, -0.05) is 95.5 Å². The summed E-state index contributed by atoms with van der Waals surface area (Å²) in [6, 6.07) is 47.2. The number of halogens is 3. The third kappa shape index (κ3) is 20.6. The highest BCUT2D eigenvalue weighted by molar-refractivity contribution is 6.34. The number of nitrogens with zero attached hydrogens (tertiary/aromatic N) is 18. The Morgan fingerprint density at radius 3 is 1.12 bits per heavy atom. The van der Waals surface area contributed by atoms with Crippen LogP contribution in [0.25, 0.3) is 66.1 Å². The average Bonchev–Trinajstić information content (AvgIpc) is 0.749. The summed E-state index contributed by atoms with van der Waals surface area (Å²) in [7, 11) is 12.6. The lowest BCUT2D eigenvalue weighted by molar-refractivity contribution is 0.0682. The number of pyridine rings is 4. The number of rotatable bonds is 20. The Balaban J connectivity index is 0.000000127. The zero-order valence-electron chi connectivity index (χ0n) is 71.1. The van der Waals surface area contributed by atoms with Crippen LogP contribution in [-0.4, -0.2) is 185 Å². The Bertz CT molecular complexity index is 6570. The summed E-state index contributed by atoms with van der Waals surface area (Å²) in [5.74, 6) is 7.55. The monoisotopic (exact) mass is 1810 g/mol. The number of carbonyl (C=O) groups excluding carboxylic acids is 1. The molecule has 0 amide bonds. The minimum Gasteiger partial charge on any atom is -0.506 e. The van der Waals surface area contributed by atoms with Crippen molar-refractivity contribution in [1.82, 2.24) is 79.7 Å². The summed E-state index contributed by atoms with van der Waals surface area (Å²) >= 11 is 17.1. The van der Waals surface area contributed by atoms with Crippen molar-refractivity contribution in [2.75, 3.05) is 98.6 Å². The number of aromatic carboxylic acids is 1. The molecular weight excluding hydrogens is 1730 g/mol. The normalized spacial score (nSPS) is 12.6. The molecule has 22 rings (SSSR count). The topological polar surface area (TPSA) is 415 Å². The van der Waals surface area contributed by atoms with Gasteiger partial charge in [0.25, 0.3) is 0 Å². The van der Waals surface area contributed by atoms with Crippen molar-refractivity contribution in [2.24, 2.45) is 0 Å². The van der Waals surface area contributed by atoms with E-state index in [1.807, 2.05) is 60.7 Å². The van der Waals surface area contributed by atoms with Gasteiger partial charge < -0.3 is 77.9 Å². The third-order valence-electron chi connectivity index (χ3n) is 21.1. The molecule has 660 valence electrons. The maximum absolute atomic E-state index is 13.5. The number of hydrogen-bond acceptors (Lipinski definition) is 33. The molecule has 16 aromatic rings. The molecule has 0 aliphatic carbocycles. The molecule has 130 heavy (non-hydrogen) atoms. The number of Topliss-reactive ketones (excluding diaryl/α,β-unsaturated/α-hetero) is 1. The van der Waals surface area contributed by atoms with E-state index in [4.69, 9.17) is 108 Å². The number of carbonyl (C=O) groups is 2. The van der Waals surface area contributed by atoms with Crippen LogP contribution in [0.5, 0.6) is 86.6 Å². The molecule has 0 unspecified atom stereocenters. The van der Waals surface area contributed by atoms with Gasteiger partial charge in [-0.15, -0.1) is 0 Å². The highest BCUT2D eigenvalue weighted by Crippen LogP contribution is 2.48. The first-order valence-corrected chi connectivity index (χ1v) is 41.4. The number of aromatic hydroxyl groups is 1. The summed E-state index contributed by atoms with van der Waals surface area (Å²) < 4.78 is 59.8. The van der Waals surface area contributed by atoms with E-state index in [2.05, 4.69) is 79.6 Å². The second kappa shape index (κ2) is 41.3. The summed E-state index contributed by atoms with van der Waals surface area (Å²) in [5, 5.41) is 21.9. The number of benzene rings is 6. The number of ketones is 1. The maximum Gasteiger partial charge on any atom is 0.373 e. The molecule has 10 aromatic heterocycles. The van der Waals surface area contributed by atoms with Crippen LogP contribution in [0.1, 0.15) is 75.8 Å². The van der Waals surface area contributed by atoms with E-state index in [-0.39, 0.29) is 29.6 Å². The van der Waals surface area contributed by atoms with Gasteiger partial charge in [0.15, 0.2) is 51.8 Å². The number of methoxy groups -OCH3 is 8. The summed E-state index contributed by atoms with van der Waals surface area (Å²) in [4.78, 5) is 97.2. The largest absolute Gasteiger partial charge is 0.506 e. The number of ether oxygens (including phenoxy) is 11. The molecule has 34 nitrogen and oxygen atoms in total. The quantitative estimate of drug-likeness (QED) is 0.0362. The van der Waals surface area contributed by atoms with Gasteiger partial charge in [-0.3, -0.25) is 9.78 Å². The van der Waals surface area contributed by atoms with E-state index in [0.29, 0.717) is 152 Å². The minimum atomic E-state index is -1.06. The lowest BCUT2D eigenvalue weighted by Gasteiger charge is -2.42. The van der Waals surface area contributed by atoms with E-state index in [1.54, 1.807) is 148 Å². The minimum absolute atomic E-state index is 0.0785. The van der Waals surface area contributed by atoms with Gasteiger partial charge in [-0.25, -0.2) is 79.6 Å². The van der Waals surface area contributed by atoms with Crippen molar-refractivity contribution in [1.29, 1.82) is 0 Å². The lowest BCUT2D eigenvalue weighted by Crippen LogP contribution is -2.40. The Hall–Kier alpha value is -15.6. The number of carboxylic acids is 1. The summed E-state index contributed by atoms with van der Waals surface area (Å²) in [5.41, 5.74) is 16.5. The predicted octanol–water partition coefficient (Wildman–Crippen LogP) is 17.6. The number of fused-ring (bicyclic) bond motifs is 8. The molecule has 16 heterocycles. The Morgan fingerprint density at radius 2 is 0.754 bits per heavy atom. The van der Waals surface area contributed by atoms with Crippen LogP contribution in [0.15, 0.2) is 208 Å². The van der Waals surface area contributed by atoms with Gasteiger partial charge >= 0.3 is 5.97 Å². The summed E-state index contributed by atoms with van der Waals surface area (Å²) in [6.45, 7) is 4.01. The van der Waals surface area contributed by atoms with Crippen LogP contribution < -0.4 is 67.6 Å². The first kappa shape index (κ1) is 89.3. The predicted molar refractivity (Wildman–Crippen MR) is 487 cm³/mol. The van der Waals surface area contributed by atoms with E-state index < -0.39 is 5.97 Å². The van der Waals surface area contributed by atoms with E-state index in [1.165, 1.54) is 56.0 Å². The van der Waals surface area contributed by atoms with Crippen LogP contribution >= 0.6 is 34.8 Å². The molecule has 4 bridgehead atoms. The SMILES string of the molecule is COc1cc2ncnc(Cl)c2cc1OC.COc1cc2ncnc(Oc3ccc(CC(=O)c4nc(-c5ccccc5)c5c(n4)C4CCN5CC4)nc3)c2cc1OC.COc1cc2ncnc(Oc3ccc(Cl)nc3)c2cc1OC.COc1cc2ncnc(Oc3ccc(N)nc3)c2cc1OC.O=C(O)c1nc(-c2ccccc2)c2c(n1)C1CCN2CC1.Oc1ccc(Cl)nc1. The number of carboxylic acid groups (broad SMARTS) is 1. The number of nitrogens with two attached hydrogens (primary N) is 1. The molecule has 2 fully saturated rings. The number of nitrogen functional groups attached to an aromatic ring is 1. The Kier molecular flexibility index (Phi) is 28.3. The molecule has 6 aromatic carbocycles. The Labute approximate surface area is 758 Å². The van der Waals surface area contributed by atoms with Crippen LogP contribution in [0.3, 0.4) is 0 Å². The van der Waals surface area contributed by atoms with E-state index >= 15 is 0 Å². The van der Waals surface area contributed by atoms with Crippen LogP contribution in [0.2, 0.25) is 15.5 Å². The number of aromatic nitrogens is 16. The first-order valence-electron chi connectivity index (χ1n) is 40.3. The molecule has 0 saturated carbocycles. The summed E-state index contributed by atoms with van der Waals surface area (Å²) in [6.07, 6.45) is 15.9. The van der Waals surface area contributed by atoms with Crippen molar-refractivity contribution in [3.63, 3.8) is 0 Å². The molecule has 6 aliphatic heterocycles. The van der Waals surface area contributed by atoms with Crippen LogP contribution in [0, 0.1) is 0 Å². The lowest BCUT2D eigenvalue weighted by atomic mass is 9.85. The van der Waals surface area contributed by atoms with E-state index in [9.17, 15) is 14.7 Å². The molecule has 0 spiro atoms. The van der Waals surface area contributed by atoms with Crippen molar-refractivity contribution in [3.05, 3.63) is 252 Å². The molecule has 6 aliphatic rings.